The molecule has 0 saturated heterocycles. The maximum absolute atomic E-state index is 11.5. The zero-order chi connectivity index (χ0) is 15.1. The molecule has 1 amide bonds. The number of carbonyl (C=O) groups excluding carboxylic acids is 1. The Balaban J connectivity index is 4.72. The van der Waals surface area contributed by atoms with E-state index in [1.54, 1.807) is 26.8 Å². The number of nitrogens with one attached hydrogen (secondary N) is 1. The van der Waals surface area contributed by atoms with Gasteiger partial charge in [-0.15, -0.1) is 0 Å². The number of ether oxygens (including phenoxy) is 1. The van der Waals surface area contributed by atoms with Crippen LogP contribution in [-0.2, 0) is 9.53 Å². The number of aliphatic carboxylic acids is 1. The van der Waals surface area contributed by atoms with Crippen LogP contribution >= 0.6 is 0 Å². The Bertz CT molecular complexity index is 391. The summed E-state index contributed by atoms with van der Waals surface area (Å²) in [6.45, 7) is 12.2. The zero-order valence-corrected chi connectivity index (χ0v) is 11.6. The molecule has 0 saturated carbocycles. The van der Waals surface area contributed by atoms with Gasteiger partial charge in [0, 0.05) is 6.42 Å². The third kappa shape index (κ3) is 7.81. The first kappa shape index (κ1) is 17.0. The Kier molecular flexibility index (Phi) is 6.61. The summed E-state index contributed by atoms with van der Waals surface area (Å²) in [6.07, 6.45) is 4.05. The SMILES string of the molecule is C=C/C=C(\C=C)C[C@H](NC(=O)OC(C)(C)C)C(=O)O. The lowest BCUT2D eigenvalue weighted by Gasteiger charge is -2.22. The maximum Gasteiger partial charge on any atom is 0.408 e. The van der Waals surface area contributed by atoms with Gasteiger partial charge in [0.05, 0.1) is 0 Å². The van der Waals surface area contributed by atoms with Crippen molar-refractivity contribution < 1.29 is 19.4 Å². The molecule has 0 radical (unpaired) electrons. The number of carbonyl (C=O) groups is 2. The van der Waals surface area contributed by atoms with E-state index in [2.05, 4.69) is 18.5 Å². The predicted octanol–water partition coefficient (Wildman–Crippen LogP) is 2.65. The highest BCUT2D eigenvalue weighted by Gasteiger charge is 2.24. The van der Waals surface area contributed by atoms with Crippen molar-refractivity contribution in [3.63, 3.8) is 0 Å². The van der Waals surface area contributed by atoms with Crippen LogP contribution in [0.2, 0.25) is 0 Å². The normalized spacial score (nSPS) is 13.3. The molecule has 0 aromatic carbocycles. The molecule has 0 heterocycles. The zero-order valence-electron chi connectivity index (χ0n) is 11.6. The van der Waals surface area contributed by atoms with Crippen molar-refractivity contribution in [2.75, 3.05) is 0 Å². The van der Waals surface area contributed by atoms with Gasteiger partial charge in [-0.2, -0.15) is 0 Å². The second-order valence-electron chi connectivity index (χ2n) is 4.92. The van der Waals surface area contributed by atoms with Gasteiger partial charge in [-0.05, 0) is 26.3 Å². The lowest BCUT2D eigenvalue weighted by molar-refractivity contribution is -0.139. The van der Waals surface area contributed by atoms with Crippen LogP contribution in [0.25, 0.3) is 0 Å². The average Bonchev–Trinajstić information content (AvgIpc) is 2.24. The maximum atomic E-state index is 11.5. The summed E-state index contributed by atoms with van der Waals surface area (Å²) >= 11 is 0. The quantitative estimate of drug-likeness (QED) is 0.725. The van der Waals surface area contributed by atoms with Crippen LogP contribution in [0.5, 0.6) is 0 Å². The lowest BCUT2D eigenvalue weighted by Crippen LogP contribution is -2.43. The van der Waals surface area contributed by atoms with Gasteiger partial charge >= 0.3 is 12.1 Å². The summed E-state index contributed by atoms with van der Waals surface area (Å²) < 4.78 is 5.01. The molecule has 0 fully saturated rings. The van der Waals surface area contributed by atoms with Crippen LogP contribution < -0.4 is 5.32 Å². The summed E-state index contributed by atoms with van der Waals surface area (Å²) in [4.78, 5) is 22.6. The van der Waals surface area contributed by atoms with Gasteiger partial charge in [0.1, 0.15) is 11.6 Å². The number of hydrogen-bond donors (Lipinski definition) is 2. The fourth-order valence-corrected chi connectivity index (χ4v) is 1.26. The Morgan fingerprint density at radius 3 is 2.32 bits per heavy atom. The number of rotatable bonds is 6. The predicted molar refractivity (Wildman–Crippen MR) is 73.9 cm³/mol. The topological polar surface area (TPSA) is 75.6 Å². The molecule has 5 nitrogen and oxygen atoms in total. The summed E-state index contributed by atoms with van der Waals surface area (Å²) in [5, 5.41) is 11.4. The second-order valence-corrected chi connectivity index (χ2v) is 4.92. The fraction of sp³-hybridized carbons (Fsp3) is 0.429. The van der Waals surface area contributed by atoms with E-state index < -0.39 is 23.7 Å². The molecule has 0 aliphatic carbocycles. The van der Waals surface area contributed by atoms with Crippen LogP contribution in [0.1, 0.15) is 27.2 Å². The summed E-state index contributed by atoms with van der Waals surface area (Å²) in [5.74, 6) is -1.14. The average molecular weight is 267 g/mol. The molecular weight excluding hydrogens is 246 g/mol. The van der Waals surface area contributed by atoms with Crippen molar-refractivity contribution in [1.29, 1.82) is 0 Å². The van der Waals surface area contributed by atoms with E-state index in [1.807, 2.05) is 0 Å². The summed E-state index contributed by atoms with van der Waals surface area (Å²) in [5.41, 5.74) is -0.01000. The molecule has 106 valence electrons. The standard InChI is InChI=1S/C14H21NO4/c1-6-8-10(7-2)9-11(12(16)17)15-13(18)19-14(3,4)5/h6-8,11H,1-2,9H2,3-5H3,(H,15,18)(H,16,17)/b10-8+/t11-/m0/s1. The summed E-state index contributed by atoms with van der Waals surface area (Å²) in [7, 11) is 0. The Morgan fingerprint density at radius 2 is 1.95 bits per heavy atom. The third-order valence-electron chi connectivity index (χ3n) is 2.02. The molecule has 0 bridgehead atoms. The van der Waals surface area contributed by atoms with Gasteiger partial charge in [-0.1, -0.05) is 31.4 Å². The van der Waals surface area contributed by atoms with E-state index in [0.717, 1.165) is 0 Å². The van der Waals surface area contributed by atoms with Crippen LogP contribution in [0, 0.1) is 0 Å². The van der Waals surface area contributed by atoms with E-state index in [-0.39, 0.29) is 6.42 Å². The number of hydrogen-bond acceptors (Lipinski definition) is 3. The highest BCUT2D eigenvalue weighted by atomic mass is 16.6. The summed E-state index contributed by atoms with van der Waals surface area (Å²) in [6, 6.07) is -1.07. The number of amides is 1. The Morgan fingerprint density at radius 1 is 1.37 bits per heavy atom. The smallest absolute Gasteiger partial charge is 0.408 e. The molecule has 0 rings (SSSR count). The van der Waals surface area contributed by atoms with Crippen molar-refractivity contribution in [3.05, 3.63) is 37.0 Å². The Labute approximate surface area is 113 Å². The Hall–Kier alpha value is -2.04. The van der Waals surface area contributed by atoms with Crippen molar-refractivity contribution >= 4 is 12.1 Å². The van der Waals surface area contributed by atoms with Crippen LogP contribution in [-0.4, -0.2) is 28.8 Å². The van der Waals surface area contributed by atoms with Crippen LogP contribution in [0.15, 0.2) is 37.0 Å². The molecule has 0 spiro atoms. The molecule has 19 heavy (non-hydrogen) atoms. The van der Waals surface area contributed by atoms with Gasteiger partial charge in [0.25, 0.3) is 0 Å². The number of carboxylic acids is 1. The first-order valence-corrected chi connectivity index (χ1v) is 5.86. The minimum Gasteiger partial charge on any atom is -0.480 e. The fourth-order valence-electron chi connectivity index (χ4n) is 1.26. The van der Waals surface area contributed by atoms with Crippen LogP contribution in [0.4, 0.5) is 4.79 Å². The molecule has 0 unspecified atom stereocenters. The monoisotopic (exact) mass is 267 g/mol. The molecule has 0 aromatic rings. The van der Waals surface area contributed by atoms with Gasteiger partial charge < -0.3 is 15.2 Å². The highest BCUT2D eigenvalue weighted by molar-refractivity contribution is 5.80. The number of carboxylic acid groups (broad SMARTS) is 1. The van der Waals surface area contributed by atoms with Gasteiger partial charge in [-0.25, -0.2) is 9.59 Å². The van der Waals surface area contributed by atoms with Crippen molar-refractivity contribution in [2.45, 2.75) is 38.8 Å². The van der Waals surface area contributed by atoms with E-state index in [1.165, 1.54) is 12.2 Å². The van der Waals surface area contributed by atoms with E-state index in [9.17, 15) is 9.59 Å². The largest absolute Gasteiger partial charge is 0.480 e. The van der Waals surface area contributed by atoms with E-state index >= 15 is 0 Å². The van der Waals surface area contributed by atoms with Crippen molar-refractivity contribution in [2.24, 2.45) is 0 Å². The first-order valence-electron chi connectivity index (χ1n) is 5.86. The molecule has 2 N–H and O–H groups in total. The third-order valence-corrected chi connectivity index (χ3v) is 2.02. The minimum absolute atomic E-state index is 0.115. The minimum atomic E-state index is -1.14. The molecule has 0 aliphatic rings. The number of alkyl carbamates (subject to hydrolysis) is 1. The highest BCUT2D eigenvalue weighted by Crippen LogP contribution is 2.10. The van der Waals surface area contributed by atoms with Gasteiger partial charge in [0.15, 0.2) is 0 Å². The van der Waals surface area contributed by atoms with E-state index in [0.29, 0.717) is 5.57 Å². The van der Waals surface area contributed by atoms with Crippen LogP contribution in [0.3, 0.4) is 0 Å². The van der Waals surface area contributed by atoms with Gasteiger partial charge in [0.2, 0.25) is 0 Å². The lowest BCUT2D eigenvalue weighted by atomic mass is 10.1. The number of allylic oxidation sites excluding steroid dienone is 3. The van der Waals surface area contributed by atoms with Crippen molar-refractivity contribution in [1.82, 2.24) is 5.32 Å². The second kappa shape index (κ2) is 7.41. The molecule has 1 atom stereocenters. The molecule has 0 aliphatic heterocycles. The molecule has 0 aromatic heterocycles. The molecular formula is C14H21NO4. The van der Waals surface area contributed by atoms with E-state index in [4.69, 9.17) is 9.84 Å². The van der Waals surface area contributed by atoms with Gasteiger partial charge in [-0.3, -0.25) is 0 Å². The van der Waals surface area contributed by atoms with Crippen molar-refractivity contribution in [3.8, 4) is 0 Å². The molecule has 5 heteroatoms. The first-order chi connectivity index (χ1) is 8.69.